The molecule has 2 unspecified atom stereocenters. The van der Waals surface area contributed by atoms with Crippen LogP contribution in [0, 0.1) is 11.3 Å². The summed E-state index contributed by atoms with van der Waals surface area (Å²) in [5.74, 6) is 0.467. The molecule has 1 aliphatic rings. The molecule has 1 saturated carbocycles. The number of rotatable bonds is 3. The van der Waals surface area contributed by atoms with Crippen LogP contribution in [0.15, 0.2) is 29.2 Å². The van der Waals surface area contributed by atoms with Gasteiger partial charge in [-0.05, 0) is 48.1 Å². The summed E-state index contributed by atoms with van der Waals surface area (Å²) in [6.07, 6.45) is 2.08. The van der Waals surface area contributed by atoms with E-state index in [4.69, 9.17) is 0 Å². The molecule has 112 valence electrons. The number of thioether (sulfide) groups is 1. The first-order valence-electron chi connectivity index (χ1n) is 6.78. The lowest BCUT2D eigenvalue weighted by Crippen LogP contribution is -2.23. The van der Waals surface area contributed by atoms with Gasteiger partial charge in [-0.1, -0.05) is 32.9 Å². The van der Waals surface area contributed by atoms with Gasteiger partial charge >= 0.3 is 5.51 Å². The summed E-state index contributed by atoms with van der Waals surface area (Å²) in [7, 11) is 0. The smallest absolute Gasteiger partial charge is 0.381 e. The molecule has 0 spiro atoms. The van der Waals surface area contributed by atoms with Crippen LogP contribution in [0.3, 0.4) is 0 Å². The first-order valence-corrected chi connectivity index (χ1v) is 7.59. The third kappa shape index (κ3) is 4.08. The Morgan fingerprint density at radius 1 is 1.20 bits per heavy atom. The molecule has 2 rings (SSSR count). The SMILES string of the molecule is CC1CC(C)(C)CC1Nc1ccccc1SC(F)(F)F. The van der Waals surface area contributed by atoms with Gasteiger partial charge in [-0.15, -0.1) is 0 Å². The van der Waals surface area contributed by atoms with Crippen LogP contribution in [0.25, 0.3) is 0 Å². The van der Waals surface area contributed by atoms with Gasteiger partial charge in [-0.3, -0.25) is 0 Å². The minimum absolute atomic E-state index is 0.0506. The Morgan fingerprint density at radius 2 is 1.85 bits per heavy atom. The summed E-state index contributed by atoms with van der Waals surface area (Å²) in [6.45, 7) is 6.58. The van der Waals surface area contributed by atoms with Crippen LogP contribution in [0.1, 0.15) is 33.6 Å². The third-order valence-electron chi connectivity index (χ3n) is 3.79. The predicted octanol–water partition coefficient (Wildman–Crippen LogP) is 5.54. The Morgan fingerprint density at radius 3 is 2.40 bits per heavy atom. The number of alkyl halides is 3. The van der Waals surface area contributed by atoms with E-state index in [0.717, 1.165) is 12.8 Å². The van der Waals surface area contributed by atoms with E-state index in [1.807, 2.05) is 0 Å². The lowest BCUT2D eigenvalue weighted by atomic mass is 9.91. The number of hydrogen-bond acceptors (Lipinski definition) is 2. The van der Waals surface area contributed by atoms with Gasteiger partial charge in [0.1, 0.15) is 0 Å². The maximum atomic E-state index is 12.6. The van der Waals surface area contributed by atoms with Crippen molar-refractivity contribution in [2.24, 2.45) is 11.3 Å². The van der Waals surface area contributed by atoms with Gasteiger partial charge in [-0.2, -0.15) is 13.2 Å². The molecule has 5 heteroatoms. The van der Waals surface area contributed by atoms with Crippen molar-refractivity contribution in [3.63, 3.8) is 0 Å². The molecule has 1 aromatic carbocycles. The fraction of sp³-hybridized carbons (Fsp3) is 0.600. The molecule has 1 aliphatic carbocycles. The standard InChI is InChI=1S/C15H20F3NS/c1-10-8-14(2,3)9-12(10)19-11-6-4-5-7-13(11)20-15(16,17)18/h4-7,10,12,19H,8-9H2,1-3H3. The minimum atomic E-state index is -4.25. The molecule has 0 aromatic heterocycles. The maximum Gasteiger partial charge on any atom is 0.446 e. The quantitative estimate of drug-likeness (QED) is 0.736. The second-order valence-corrected chi connectivity index (χ2v) is 7.45. The van der Waals surface area contributed by atoms with E-state index in [9.17, 15) is 13.2 Å². The number of para-hydroxylation sites is 1. The summed E-state index contributed by atoms with van der Waals surface area (Å²) >= 11 is -0.0506. The third-order valence-corrected chi connectivity index (χ3v) is 4.59. The minimum Gasteiger partial charge on any atom is -0.381 e. The van der Waals surface area contributed by atoms with Gasteiger partial charge in [-0.25, -0.2) is 0 Å². The van der Waals surface area contributed by atoms with Gasteiger partial charge in [0.2, 0.25) is 0 Å². The normalized spacial score (nSPS) is 25.7. The highest BCUT2D eigenvalue weighted by molar-refractivity contribution is 8.00. The van der Waals surface area contributed by atoms with E-state index in [1.165, 1.54) is 6.07 Å². The second kappa shape index (κ2) is 5.51. The largest absolute Gasteiger partial charge is 0.446 e. The lowest BCUT2D eigenvalue weighted by molar-refractivity contribution is -0.0327. The lowest BCUT2D eigenvalue weighted by Gasteiger charge is -2.22. The average molecular weight is 303 g/mol. The highest BCUT2D eigenvalue weighted by Crippen LogP contribution is 2.44. The number of anilines is 1. The van der Waals surface area contributed by atoms with Crippen molar-refractivity contribution in [2.45, 2.75) is 50.1 Å². The van der Waals surface area contributed by atoms with Crippen molar-refractivity contribution in [1.82, 2.24) is 0 Å². The summed E-state index contributed by atoms with van der Waals surface area (Å²) < 4.78 is 37.7. The molecule has 20 heavy (non-hydrogen) atoms. The topological polar surface area (TPSA) is 12.0 Å². The Bertz CT molecular complexity index is 470. The van der Waals surface area contributed by atoms with Crippen LogP contribution in [-0.2, 0) is 0 Å². The summed E-state index contributed by atoms with van der Waals surface area (Å²) in [5.41, 5.74) is -3.41. The molecule has 0 aliphatic heterocycles. The summed E-state index contributed by atoms with van der Waals surface area (Å²) in [4.78, 5) is 0.247. The molecule has 0 bridgehead atoms. The van der Waals surface area contributed by atoms with E-state index in [1.54, 1.807) is 18.2 Å². The Kier molecular flexibility index (Phi) is 4.28. The van der Waals surface area contributed by atoms with Gasteiger partial charge < -0.3 is 5.32 Å². The molecular formula is C15H20F3NS. The van der Waals surface area contributed by atoms with Crippen LogP contribution in [0.2, 0.25) is 0 Å². The Hall–Kier alpha value is -0.840. The molecule has 1 nitrogen and oxygen atoms in total. The van der Waals surface area contributed by atoms with Gasteiger partial charge in [0, 0.05) is 16.6 Å². The predicted molar refractivity (Wildman–Crippen MR) is 77.9 cm³/mol. The molecule has 1 N–H and O–H groups in total. The fourth-order valence-corrected chi connectivity index (χ4v) is 3.72. The van der Waals surface area contributed by atoms with Crippen molar-refractivity contribution in [3.8, 4) is 0 Å². The molecule has 1 aromatic rings. The molecule has 0 radical (unpaired) electrons. The maximum absolute atomic E-state index is 12.6. The Balaban J connectivity index is 2.14. The highest BCUT2D eigenvalue weighted by atomic mass is 32.2. The van der Waals surface area contributed by atoms with Gasteiger partial charge in [0.05, 0.1) is 0 Å². The van der Waals surface area contributed by atoms with Crippen LogP contribution < -0.4 is 5.32 Å². The zero-order chi connectivity index (χ0) is 15.0. The van der Waals surface area contributed by atoms with E-state index in [0.29, 0.717) is 11.6 Å². The monoisotopic (exact) mass is 303 g/mol. The average Bonchev–Trinajstić information content (AvgIpc) is 2.52. The highest BCUT2D eigenvalue weighted by Gasteiger charge is 2.37. The fourth-order valence-electron chi connectivity index (χ4n) is 3.09. The zero-order valence-electron chi connectivity index (χ0n) is 11.9. The van der Waals surface area contributed by atoms with Crippen molar-refractivity contribution in [2.75, 3.05) is 5.32 Å². The molecule has 2 atom stereocenters. The van der Waals surface area contributed by atoms with Crippen LogP contribution in [0.4, 0.5) is 18.9 Å². The van der Waals surface area contributed by atoms with Crippen LogP contribution >= 0.6 is 11.8 Å². The van der Waals surface area contributed by atoms with Crippen molar-refractivity contribution < 1.29 is 13.2 Å². The summed E-state index contributed by atoms with van der Waals surface area (Å²) in [5, 5.41) is 3.32. The van der Waals surface area contributed by atoms with E-state index in [-0.39, 0.29) is 28.1 Å². The molecule has 0 saturated heterocycles. The van der Waals surface area contributed by atoms with Crippen molar-refractivity contribution in [3.05, 3.63) is 24.3 Å². The number of benzene rings is 1. The molecule has 0 heterocycles. The van der Waals surface area contributed by atoms with E-state index < -0.39 is 5.51 Å². The summed E-state index contributed by atoms with van der Waals surface area (Å²) in [6, 6.07) is 6.89. The van der Waals surface area contributed by atoms with Crippen molar-refractivity contribution >= 4 is 17.4 Å². The molecule has 1 fully saturated rings. The molecule has 0 amide bonds. The van der Waals surface area contributed by atoms with Gasteiger partial charge in [0.15, 0.2) is 0 Å². The zero-order valence-corrected chi connectivity index (χ0v) is 12.7. The Labute approximate surface area is 122 Å². The first-order chi connectivity index (χ1) is 9.16. The number of nitrogens with one attached hydrogen (secondary N) is 1. The van der Waals surface area contributed by atoms with Crippen LogP contribution in [-0.4, -0.2) is 11.6 Å². The number of halogens is 3. The van der Waals surface area contributed by atoms with E-state index >= 15 is 0 Å². The molecular weight excluding hydrogens is 283 g/mol. The van der Waals surface area contributed by atoms with Crippen molar-refractivity contribution in [1.29, 1.82) is 0 Å². The number of hydrogen-bond donors (Lipinski definition) is 1. The van der Waals surface area contributed by atoms with E-state index in [2.05, 4.69) is 26.1 Å². The van der Waals surface area contributed by atoms with Crippen LogP contribution in [0.5, 0.6) is 0 Å². The second-order valence-electron chi connectivity index (χ2n) is 6.34. The van der Waals surface area contributed by atoms with Gasteiger partial charge in [0.25, 0.3) is 0 Å². The first kappa shape index (κ1) is 15.5.